The number of methoxy groups -OCH3 is 1. The molecular formula is C19H22F3NO2. The monoisotopic (exact) mass is 353 g/mol. The van der Waals surface area contributed by atoms with Crippen molar-refractivity contribution in [2.24, 2.45) is 11.7 Å². The van der Waals surface area contributed by atoms with Crippen molar-refractivity contribution in [3.05, 3.63) is 65.2 Å². The molecule has 0 bridgehead atoms. The van der Waals surface area contributed by atoms with Crippen LogP contribution in [-0.2, 0) is 12.6 Å². The van der Waals surface area contributed by atoms with Gasteiger partial charge in [-0.15, -0.1) is 0 Å². The molecule has 2 aromatic rings. The minimum absolute atomic E-state index is 0.161. The number of para-hydroxylation sites is 1. The van der Waals surface area contributed by atoms with Crippen LogP contribution in [0.3, 0.4) is 0 Å². The second-order valence-corrected chi connectivity index (χ2v) is 6.14. The fourth-order valence-corrected chi connectivity index (χ4v) is 2.79. The Morgan fingerprint density at radius 1 is 1.12 bits per heavy atom. The van der Waals surface area contributed by atoms with E-state index in [0.717, 1.165) is 23.4 Å². The molecule has 0 radical (unpaired) electrons. The van der Waals surface area contributed by atoms with Crippen molar-refractivity contribution < 1.29 is 23.0 Å². The Morgan fingerprint density at radius 2 is 1.80 bits per heavy atom. The normalized spacial score (nSPS) is 15.5. The largest absolute Gasteiger partial charge is 0.496 e. The zero-order chi connectivity index (χ0) is 18.6. The van der Waals surface area contributed by atoms with Gasteiger partial charge in [0.25, 0.3) is 0 Å². The van der Waals surface area contributed by atoms with Gasteiger partial charge < -0.3 is 15.6 Å². The first kappa shape index (κ1) is 19.3. The predicted molar refractivity (Wildman–Crippen MR) is 90.2 cm³/mol. The lowest BCUT2D eigenvalue weighted by atomic mass is 9.87. The summed E-state index contributed by atoms with van der Waals surface area (Å²) in [6.07, 6.45) is -5.10. The van der Waals surface area contributed by atoms with Crippen LogP contribution < -0.4 is 10.5 Å². The average Bonchev–Trinajstić information content (AvgIpc) is 2.60. The number of hydrogen-bond acceptors (Lipinski definition) is 3. The van der Waals surface area contributed by atoms with E-state index in [9.17, 15) is 18.3 Å². The summed E-state index contributed by atoms with van der Waals surface area (Å²) >= 11 is 0. The van der Waals surface area contributed by atoms with Gasteiger partial charge in [-0.25, -0.2) is 0 Å². The summed E-state index contributed by atoms with van der Waals surface area (Å²) in [5.74, 6) is 0.552. The Morgan fingerprint density at radius 3 is 2.44 bits per heavy atom. The molecule has 1 unspecified atom stereocenters. The van der Waals surface area contributed by atoms with Crippen LogP contribution in [0.25, 0.3) is 0 Å². The number of alkyl halides is 3. The molecule has 2 rings (SSSR count). The van der Waals surface area contributed by atoms with Crippen molar-refractivity contribution in [2.45, 2.75) is 31.7 Å². The number of aliphatic hydroxyl groups excluding tert-OH is 1. The van der Waals surface area contributed by atoms with Gasteiger partial charge in [0.15, 0.2) is 0 Å². The molecule has 0 saturated heterocycles. The second kappa shape index (κ2) is 7.89. The molecule has 0 saturated carbocycles. The number of nitrogens with two attached hydrogens (primary N) is 1. The van der Waals surface area contributed by atoms with Crippen LogP contribution in [0.15, 0.2) is 48.5 Å². The summed E-state index contributed by atoms with van der Waals surface area (Å²) in [4.78, 5) is 0. The van der Waals surface area contributed by atoms with Crippen LogP contribution in [0.2, 0.25) is 0 Å². The average molecular weight is 353 g/mol. The van der Waals surface area contributed by atoms with E-state index < -0.39 is 23.9 Å². The fourth-order valence-electron chi connectivity index (χ4n) is 2.79. The van der Waals surface area contributed by atoms with Crippen molar-refractivity contribution in [3.8, 4) is 5.75 Å². The van der Waals surface area contributed by atoms with Gasteiger partial charge in [0.05, 0.1) is 18.8 Å². The van der Waals surface area contributed by atoms with Gasteiger partial charge in [-0.3, -0.25) is 0 Å². The third-order valence-electron chi connectivity index (χ3n) is 4.31. The minimum Gasteiger partial charge on any atom is -0.496 e. The van der Waals surface area contributed by atoms with Gasteiger partial charge >= 0.3 is 6.18 Å². The molecule has 2 aromatic carbocycles. The van der Waals surface area contributed by atoms with Crippen LogP contribution in [0, 0.1) is 5.92 Å². The van der Waals surface area contributed by atoms with E-state index in [1.165, 1.54) is 12.1 Å². The smallest absolute Gasteiger partial charge is 0.416 e. The van der Waals surface area contributed by atoms with Crippen LogP contribution in [0.1, 0.15) is 29.7 Å². The highest BCUT2D eigenvalue weighted by atomic mass is 19.4. The SMILES string of the molecule is COc1ccccc1CC(C)[C@@H](N)[C@H](O)c1cccc(C(F)(F)F)c1. The Kier molecular flexibility index (Phi) is 6.08. The summed E-state index contributed by atoms with van der Waals surface area (Å²) in [5.41, 5.74) is 6.42. The van der Waals surface area contributed by atoms with E-state index in [-0.39, 0.29) is 11.5 Å². The number of aliphatic hydroxyl groups is 1. The molecule has 0 aliphatic carbocycles. The maximum atomic E-state index is 12.8. The molecule has 3 atom stereocenters. The van der Waals surface area contributed by atoms with E-state index >= 15 is 0 Å². The van der Waals surface area contributed by atoms with Crippen molar-refractivity contribution in [2.75, 3.05) is 7.11 Å². The summed E-state index contributed by atoms with van der Waals surface area (Å²) in [6, 6.07) is 11.4. The third kappa shape index (κ3) is 4.74. The van der Waals surface area contributed by atoms with Crippen molar-refractivity contribution in [3.63, 3.8) is 0 Å². The third-order valence-corrected chi connectivity index (χ3v) is 4.31. The Balaban J connectivity index is 2.15. The standard InChI is InChI=1S/C19H22F3NO2/c1-12(10-13-6-3-4-9-16(13)25-2)17(23)18(24)14-7-5-8-15(11-14)19(20,21)22/h3-9,11-12,17-18,24H,10,23H2,1-2H3/t12?,17-,18-/m1/s1. The van der Waals surface area contributed by atoms with Gasteiger partial charge in [-0.2, -0.15) is 13.2 Å². The van der Waals surface area contributed by atoms with Crippen LogP contribution in [0.4, 0.5) is 13.2 Å². The number of halogens is 3. The molecule has 6 heteroatoms. The summed E-state index contributed by atoms with van der Waals surface area (Å²) in [6.45, 7) is 1.86. The summed E-state index contributed by atoms with van der Waals surface area (Å²) in [5, 5.41) is 10.4. The molecule has 3 nitrogen and oxygen atoms in total. The summed E-state index contributed by atoms with van der Waals surface area (Å²) < 4.78 is 43.8. The van der Waals surface area contributed by atoms with Crippen molar-refractivity contribution in [1.29, 1.82) is 0 Å². The van der Waals surface area contributed by atoms with E-state index in [2.05, 4.69) is 0 Å². The second-order valence-electron chi connectivity index (χ2n) is 6.14. The predicted octanol–water partition coefficient (Wildman–Crippen LogP) is 3.95. The molecule has 0 spiro atoms. The summed E-state index contributed by atoms with van der Waals surface area (Å²) in [7, 11) is 1.57. The fraction of sp³-hybridized carbons (Fsp3) is 0.368. The lowest BCUT2D eigenvalue weighted by Gasteiger charge is -2.26. The zero-order valence-electron chi connectivity index (χ0n) is 14.1. The number of ether oxygens (including phenoxy) is 1. The van der Waals surface area contributed by atoms with Gasteiger partial charge in [0.1, 0.15) is 5.75 Å². The maximum Gasteiger partial charge on any atom is 0.416 e. The molecule has 0 aromatic heterocycles. The minimum atomic E-state index is -4.46. The van der Waals surface area contributed by atoms with Crippen molar-refractivity contribution >= 4 is 0 Å². The van der Waals surface area contributed by atoms with E-state index in [1.54, 1.807) is 7.11 Å². The first-order valence-corrected chi connectivity index (χ1v) is 7.96. The zero-order valence-corrected chi connectivity index (χ0v) is 14.1. The lowest BCUT2D eigenvalue weighted by molar-refractivity contribution is -0.137. The number of rotatable bonds is 6. The van der Waals surface area contributed by atoms with E-state index in [0.29, 0.717) is 6.42 Å². The van der Waals surface area contributed by atoms with E-state index in [1.807, 2.05) is 31.2 Å². The van der Waals surface area contributed by atoms with Gasteiger partial charge in [-0.1, -0.05) is 37.3 Å². The van der Waals surface area contributed by atoms with Crippen LogP contribution >= 0.6 is 0 Å². The van der Waals surface area contributed by atoms with Gasteiger partial charge in [0, 0.05) is 6.04 Å². The molecule has 25 heavy (non-hydrogen) atoms. The first-order chi connectivity index (χ1) is 11.7. The molecule has 0 fully saturated rings. The molecule has 0 heterocycles. The number of hydrogen-bond donors (Lipinski definition) is 2. The maximum absolute atomic E-state index is 12.8. The molecule has 0 amide bonds. The Labute approximate surface area is 145 Å². The Hall–Kier alpha value is -2.05. The van der Waals surface area contributed by atoms with Crippen molar-refractivity contribution in [1.82, 2.24) is 0 Å². The molecule has 0 aliphatic rings. The number of benzene rings is 2. The van der Waals surface area contributed by atoms with E-state index in [4.69, 9.17) is 10.5 Å². The topological polar surface area (TPSA) is 55.5 Å². The van der Waals surface area contributed by atoms with Gasteiger partial charge in [0.2, 0.25) is 0 Å². The Bertz CT molecular complexity index is 703. The highest BCUT2D eigenvalue weighted by molar-refractivity contribution is 5.34. The quantitative estimate of drug-likeness (QED) is 0.827. The highest BCUT2D eigenvalue weighted by Crippen LogP contribution is 2.32. The first-order valence-electron chi connectivity index (χ1n) is 7.96. The molecule has 3 N–H and O–H groups in total. The molecular weight excluding hydrogens is 331 g/mol. The van der Waals surface area contributed by atoms with Crippen LogP contribution in [0.5, 0.6) is 5.75 Å². The molecule has 136 valence electrons. The highest BCUT2D eigenvalue weighted by Gasteiger charge is 2.32. The van der Waals surface area contributed by atoms with Gasteiger partial charge in [-0.05, 0) is 41.7 Å². The lowest BCUT2D eigenvalue weighted by Crippen LogP contribution is -2.36. The van der Waals surface area contributed by atoms with Crippen LogP contribution in [-0.4, -0.2) is 18.3 Å². The molecule has 0 aliphatic heterocycles.